The number of anilines is 12. The minimum Gasteiger partial charge on any atom is -0.468 e. The molecule has 4 aliphatic heterocycles. The minimum atomic E-state index is -0.225. The van der Waals surface area contributed by atoms with Crippen LogP contribution in [-0.4, -0.2) is 13.4 Å². The van der Waals surface area contributed by atoms with Crippen molar-refractivity contribution in [3.8, 4) is 0 Å². The molecule has 6 aliphatic rings. The Kier molecular flexibility index (Phi) is 19.4. The van der Waals surface area contributed by atoms with Crippen LogP contribution in [0.15, 0.2) is 173 Å². The van der Waals surface area contributed by atoms with Crippen molar-refractivity contribution in [3.63, 3.8) is 0 Å². The first-order valence-corrected chi connectivity index (χ1v) is 47.7. The summed E-state index contributed by atoms with van der Waals surface area (Å²) in [5.74, 6) is 0. The lowest BCUT2D eigenvalue weighted by Crippen LogP contribution is -2.61. The zero-order chi connectivity index (χ0) is 91.1. The average molecular weight is 1670 g/mol. The van der Waals surface area contributed by atoms with Gasteiger partial charge in [-0.05, 0) is 331 Å². The number of hydrogen-bond donors (Lipinski definition) is 0. The van der Waals surface area contributed by atoms with E-state index in [-0.39, 0.29) is 83.8 Å². The van der Waals surface area contributed by atoms with E-state index in [1.165, 1.54) is 173 Å². The second-order valence-electron chi connectivity index (χ2n) is 51.0. The van der Waals surface area contributed by atoms with E-state index in [4.69, 9.17) is 8.83 Å². The molecule has 1 atom stereocenters. The normalized spacial score (nSPS) is 17.9. The van der Waals surface area contributed by atoms with Crippen LogP contribution >= 0.6 is 0 Å². The summed E-state index contributed by atoms with van der Waals surface area (Å²) in [7, 11) is 0. The van der Waals surface area contributed by atoms with Crippen molar-refractivity contribution in [2.75, 3.05) is 19.6 Å². The maximum absolute atomic E-state index is 8.18. The predicted octanol–water partition coefficient (Wildman–Crippen LogP) is 29.8. The molecule has 0 radical (unpaired) electrons. The molecule has 0 saturated carbocycles. The topological polar surface area (TPSA) is 39.2 Å². The molecule has 6 nitrogen and oxygen atoms in total. The van der Waals surface area contributed by atoms with Gasteiger partial charge in [0.05, 0.1) is 22.7 Å². The summed E-state index contributed by atoms with van der Waals surface area (Å²) in [5, 5.41) is 2.38. The molecular formula is C118H144B2N4O2. The number of furan rings is 2. The van der Waals surface area contributed by atoms with Crippen molar-refractivity contribution in [2.24, 2.45) is 0 Å². The van der Waals surface area contributed by atoms with E-state index >= 15 is 0 Å². The molecule has 8 heteroatoms. The lowest BCUT2D eigenvalue weighted by Gasteiger charge is -2.45. The molecule has 6 heterocycles. The first-order chi connectivity index (χ1) is 58.1. The summed E-state index contributed by atoms with van der Waals surface area (Å²) in [4.78, 5) is 10.6. The third-order valence-corrected chi connectivity index (χ3v) is 31.2. The van der Waals surface area contributed by atoms with Crippen molar-refractivity contribution < 1.29 is 8.83 Å². The Morgan fingerprint density at radius 2 is 0.627 bits per heavy atom. The molecule has 0 fully saturated rings. The monoisotopic (exact) mass is 1670 g/mol. The Labute approximate surface area is 758 Å². The zero-order valence-corrected chi connectivity index (χ0v) is 83.6. The molecular weight excluding hydrogens is 1530 g/mol. The lowest BCUT2D eigenvalue weighted by molar-refractivity contribution is 0.272. The van der Waals surface area contributed by atoms with E-state index < -0.39 is 0 Å². The first kappa shape index (κ1) is 87.3. The van der Waals surface area contributed by atoms with Crippen LogP contribution in [0.3, 0.4) is 0 Å². The third kappa shape index (κ3) is 14.2. The highest BCUT2D eigenvalue weighted by Gasteiger charge is 2.53. The Bertz CT molecular complexity index is 6440. The van der Waals surface area contributed by atoms with Gasteiger partial charge in [0.1, 0.15) is 11.2 Å². The number of rotatable bonds is 8. The fourth-order valence-corrected chi connectivity index (χ4v) is 22.2. The standard InChI is InChI=1S/C118H144B2N4O2/c1-69-52-94-100-95(53-69)124(91-43-38-72(54-70(91)2)106(3,4)5)93-45-40-74(108(9,10)11)62-90(93)120(100)104-102(83-65-85-87(67-98(83)125-104)116(31,32)47-46-115(85,29)30)122(94)80-41-36-71(37-42-80)114(27,28)48-50-118(35)51-49-117(33,34)86-66-84-99(68-88(86)118)126-105-103(84)123(82-59-77(111(18,19)20)56-78(60-82)112(21,22)23)97-64-79(113(24,25)26)63-96-101(97)119(105)89-61-73(107(6,7)8)39-44-92(89)121(96)81-57-75(109(12,13)14)55-76(58-81)110(15,16)17/h36-45,52-68H,46-51H2,1-35H3. The van der Waals surface area contributed by atoms with Gasteiger partial charge in [0.2, 0.25) is 0 Å². The van der Waals surface area contributed by atoms with E-state index in [0.717, 1.165) is 72.4 Å². The number of benzene rings is 10. The molecule has 0 saturated heterocycles. The second kappa shape index (κ2) is 28.1. The van der Waals surface area contributed by atoms with Gasteiger partial charge in [-0.1, -0.05) is 289 Å². The maximum atomic E-state index is 8.18. The van der Waals surface area contributed by atoms with Gasteiger partial charge in [0, 0.05) is 67.6 Å². The highest BCUT2D eigenvalue weighted by molar-refractivity contribution is 7.00. The molecule has 654 valence electrons. The zero-order valence-electron chi connectivity index (χ0n) is 83.6. The van der Waals surface area contributed by atoms with Gasteiger partial charge in [0.25, 0.3) is 13.4 Å². The van der Waals surface area contributed by atoms with Crippen LogP contribution in [-0.2, 0) is 70.4 Å². The molecule has 0 spiro atoms. The van der Waals surface area contributed by atoms with Crippen molar-refractivity contribution in [3.05, 3.63) is 247 Å². The summed E-state index contributed by atoms with van der Waals surface area (Å²) in [6.07, 6.45) is 6.41. The van der Waals surface area contributed by atoms with Crippen LogP contribution in [0.5, 0.6) is 0 Å². The van der Waals surface area contributed by atoms with Gasteiger partial charge >= 0.3 is 0 Å². The van der Waals surface area contributed by atoms with Crippen molar-refractivity contribution in [2.45, 2.75) is 351 Å². The van der Waals surface area contributed by atoms with Gasteiger partial charge in [0.15, 0.2) is 0 Å². The molecule has 126 heavy (non-hydrogen) atoms. The highest BCUT2D eigenvalue weighted by Crippen LogP contribution is 2.58. The van der Waals surface area contributed by atoms with Crippen molar-refractivity contribution in [1.82, 2.24) is 0 Å². The van der Waals surface area contributed by atoms with Crippen molar-refractivity contribution >= 4 is 137 Å². The Morgan fingerprint density at radius 3 is 1.06 bits per heavy atom. The second-order valence-corrected chi connectivity index (χ2v) is 51.0. The summed E-state index contributed by atoms with van der Waals surface area (Å²) in [6, 6.07) is 67.3. The molecule has 12 aromatic rings. The van der Waals surface area contributed by atoms with E-state index in [0.29, 0.717) is 0 Å². The molecule has 2 aliphatic carbocycles. The van der Waals surface area contributed by atoms with Crippen LogP contribution in [0.1, 0.15) is 350 Å². The van der Waals surface area contributed by atoms with Crippen LogP contribution < -0.4 is 52.8 Å². The molecule has 1 unspecified atom stereocenters. The average Bonchev–Trinajstić information content (AvgIpc) is 1.42. The third-order valence-electron chi connectivity index (χ3n) is 31.2. The molecule has 10 aromatic carbocycles. The predicted molar refractivity (Wildman–Crippen MR) is 547 cm³/mol. The van der Waals surface area contributed by atoms with E-state index in [2.05, 4.69) is 426 Å². The maximum Gasteiger partial charge on any atom is 0.297 e. The quantitative estimate of drug-likeness (QED) is 0.141. The highest BCUT2D eigenvalue weighted by atomic mass is 16.3. The Morgan fingerprint density at radius 1 is 0.294 bits per heavy atom. The first-order valence-electron chi connectivity index (χ1n) is 47.7. The van der Waals surface area contributed by atoms with Gasteiger partial charge in [-0.2, -0.15) is 0 Å². The fraction of sp³-hybridized carbons (Fsp3) is 0.458. The Balaban J connectivity index is 0.790. The number of aryl methyl sites for hydroxylation is 2. The summed E-state index contributed by atoms with van der Waals surface area (Å²) in [5.41, 5.74) is 42.2. The van der Waals surface area contributed by atoms with Crippen LogP contribution in [0.2, 0.25) is 0 Å². The van der Waals surface area contributed by atoms with Gasteiger partial charge in [-0.25, -0.2) is 0 Å². The summed E-state index contributed by atoms with van der Waals surface area (Å²) < 4.78 is 16.0. The number of nitrogens with zero attached hydrogens (tertiary/aromatic N) is 4. The smallest absolute Gasteiger partial charge is 0.297 e. The molecule has 2 aromatic heterocycles. The van der Waals surface area contributed by atoms with Crippen molar-refractivity contribution in [1.29, 1.82) is 0 Å². The SMILES string of the molecule is Cc1cc2c3c(c1)N(c1ccc(C(C)(C)CCC4(C)CCC(C)(C)c5cc6c7c(oc6cc54)B4c5cc(C(C)(C)C)ccc5N(c5cc(C(C)(C)C)cc(C(C)(C)C)c5)c5cc(C(C)(C)C)cc(c54)N7c4cc(C(C)(C)C)cc(C(C)(C)C)c4)cc1)c1c(oc4cc5c(cc14)C(C)(C)CCC5(C)C)B3c1cc(C(C)(C)C)ccc1N2c1ccc(C(C)(C)C)cc1C. The molecule has 0 amide bonds. The summed E-state index contributed by atoms with van der Waals surface area (Å²) in [6.45, 7) is 83.7. The molecule has 0 N–H and O–H groups in total. The van der Waals surface area contributed by atoms with Crippen LogP contribution in [0.4, 0.5) is 68.2 Å². The molecule has 18 rings (SSSR count). The van der Waals surface area contributed by atoms with Crippen LogP contribution in [0.25, 0.3) is 21.9 Å². The lowest BCUT2D eigenvalue weighted by atomic mass is 9.35. The number of hydrogen-bond acceptors (Lipinski definition) is 6. The van der Waals surface area contributed by atoms with Crippen LogP contribution in [0, 0.1) is 13.8 Å². The van der Waals surface area contributed by atoms with Gasteiger partial charge in [-0.3, -0.25) is 0 Å². The van der Waals surface area contributed by atoms with Gasteiger partial charge < -0.3 is 28.4 Å². The molecule has 0 bridgehead atoms. The largest absolute Gasteiger partial charge is 0.468 e. The fourth-order valence-electron chi connectivity index (χ4n) is 22.2. The summed E-state index contributed by atoms with van der Waals surface area (Å²) >= 11 is 0. The van der Waals surface area contributed by atoms with Gasteiger partial charge in [-0.15, -0.1) is 0 Å². The number of fused-ring (bicyclic) bond motifs is 14. The van der Waals surface area contributed by atoms with E-state index in [1.54, 1.807) is 0 Å². The van der Waals surface area contributed by atoms with E-state index in [1.807, 2.05) is 0 Å². The van der Waals surface area contributed by atoms with E-state index in [9.17, 15) is 0 Å². The minimum absolute atomic E-state index is 0.0000268. The Hall–Kier alpha value is -9.39.